The van der Waals surface area contributed by atoms with E-state index in [1.807, 2.05) is 30.3 Å². The summed E-state index contributed by atoms with van der Waals surface area (Å²) in [5, 5.41) is 12.2. The van der Waals surface area contributed by atoms with Crippen molar-refractivity contribution in [3.63, 3.8) is 0 Å². The molecule has 0 radical (unpaired) electrons. The van der Waals surface area contributed by atoms with Crippen molar-refractivity contribution in [2.45, 2.75) is 12.8 Å². The molecule has 0 unspecified atom stereocenters. The molecule has 0 aliphatic carbocycles. The predicted octanol–water partition coefficient (Wildman–Crippen LogP) is 1.76. The minimum absolute atomic E-state index is 0.0625. The lowest BCUT2D eigenvalue weighted by Gasteiger charge is -2.30. The Morgan fingerprint density at radius 1 is 1.19 bits per heavy atom. The average molecular weight is 354 g/mol. The van der Waals surface area contributed by atoms with E-state index in [0.717, 1.165) is 43.6 Å². The number of benzene rings is 1. The highest BCUT2D eigenvalue weighted by Gasteiger charge is 2.18. The van der Waals surface area contributed by atoms with E-state index in [9.17, 15) is 9.90 Å². The van der Waals surface area contributed by atoms with Crippen molar-refractivity contribution in [1.82, 2.24) is 15.2 Å². The Balaban J connectivity index is 1.48. The number of aliphatic hydroxyl groups is 1. The molecule has 4 N–H and O–H groups in total. The highest BCUT2D eigenvalue weighted by Crippen LogP contribution is 2.20. The Hall–Kier alpha value is -2.44. The summed E-state index contributed by atoms with van der Waals surface area (Å²) in [6.45, 7) is 3.74. The molecule has 6 nitrogen and oxygen atoms in total. The fourth-order valence-corrected chi connectivity index (χ4v) is 3.25. The Bertz CT molecular complexity index is 725. The minimum atomic E-state index is -0.0625. The fraction of sp³-hybridized carbons (Fsp3) is 0.400. The SMILES string of the molecule is Nc1cncc(-c2ccc(C(=O)NCCN3CCC(CO)CC3)cc2)c1. The molecule has 2 aromatic rings. The Morgan fingerprint density at radius 2 is 1.92 bits per heavy atom. The molecule has 0 spiro atoms. The number of aliphatic hydroxyl groups excluding tert-OH is 1. The predicted molar refractivity (Wildman–Crippen MR) is 103 cm³/mol. The van der Waals surface area contributed by atoms with Crippen molar-refractivity contribution in [3.05, 3.63) is 48.3 Å². The number of hydrogen-bond acceptors (Lipinski definition) is 5. The van der Waals surface area contributed by atoms with Crippen LogP contribution in [-0.4, -0.2) is 53.7 Å². The molecule has 1 saturated heterocycles. The van der Waals surface area contributed by atoms with Crippen molar-refractivity contribution in [1.29, 1.82) is 0 Å². The summed E-state index contributed by atoms with van der Waals surface area (Å²) in [5.74, 6) is 0.377. The number of aromatic nitrogens is 1. The number of nitrogens with two attached hydrogens (primary N) is 1. The number of piperidine rings is 1. The van der Waals surface area contributed by atoms with Gasteiger partial charge in [0.2, 0.25) is 0 Å². The largest absolute Gasteiger partial charge is 0.397 e. The van der Waals surface area contributed by atoms with Crippen molar-refractivity contribution in [3.8, 4) is 11.1 Å². The highest BCUT2D eigenvalue weighted by atomic mass is 16.3. The van der Waals surface area contributed by atoms with E-state index in [2.05, 4.69) is 15.2 Å². The van der Waals surface area contributed by atoms with E-state index in [1.165, 1.54) is 0 Å². The maximum absolute atomic E-state index is 12.3. The number of nitrogens with one attached hydrogen (secondary N) is 1. The van der Waals surface area contributed by atoms with Gasteiger partial charge in [-0.25, -0.2) is 0 Å². The van der Waals surface area contributed by atoms with E-state index in [4.69, 9.17) is 5.73 Å². The Morgan fingerprint density at radius 3 is 2.58 bits per heavy atom. The first kappa shape index (κ1) is 18.4. The topological polar surface area (TPSA) is 91.5 Å². The third-order valence-electron chi connectivity index (χ3n) is 4.92. The lowest BCUT2D eigenvalue weighted by molar-refractivity contribution is 0.0939. The molecule has 138 valence electrons. The second-order valence-electron chi connectivity index (χ2n) is 6.81. The number of carbonyl (C=O) groups is 1. The number of anilines is 1. The van der Waals surface area contributed by atoms with Crippen LogP contribution in [-0.2, 0) is 0 Å². The zero-order chi connectivity index (χ0) is 18.4. The molecule has 1 aromatic heterocycles. The fourth-order valence-electron chi connectivity index (χ4n) is 3.25. The number of nitrogens with zero attached hydrogens (tertiary/aromatic N) is 2. The van der Waals surface area contributed by atoms with Gasteiger partial charge in [-0.05, 0) is 55.6 Å². The first-order valence-corrected chi connectivity index (χ1v) is 9.08. The second kappa shape index (κ2) is 8.78. The molecule has 0 atom stereocenters. The molecule has 1 aromatic carbocycles. The standard InChI is InChI=1S/C20H26N4O2/c21-19-11-18(12-22-13-19)16-1-3-17(4-2-16)20(26)23-7-10-24-8-5-15(14-25)6-9-24/h1-4,11-13,15,25H,5-10,14,21H2,(H,23,26). The number of rotatable bonds is 6. The van der Waals surface area contributed by atoms with E-state index in [-0.39, 0.29) is 12.5 Å². The van der Waals surface area contributed by atoms with Crippen molar-refractivity contribution < 1.29 is 9.90 Å². The van der Waals surface area contributed by atoms with Crippen LogP contribution in [0.3, 0.4) is 0 Å². The van der Waals surface area contributed by atoms with Gasteiger partial charge in [0.05, 0.1) is 5.69 Å². The van der Waals surface area contributed by atoms with Gasteiger partial charge >= 0.3 is 0 Å². The van der Waals surface area contributed by atoms with Crippen LogP contribution >= 0.6 is 0 Å². The lowest BCUT2D eigenvalue weighted by Crippen LogP contribution is -2.40. The van der Waals surface area contributed by atoms with Crippen LogP contribution < -0.4 is 11.1 Å². The Kier molecular flexibility index (Phi) is 6.20. The van der Waals surface area contributed by atoms with Crippen LogP contribution in [0.4, 0.5) is 5.69 Å². The van der Waals surface area contributed by atoms with Gasteiger partial charge < -0.3 is 21.1 Å². The highest BCUT2D eigenvalue weighted by molar-refractivity contribution is 5.94. The van der Waals surface area contributed by atoms with E-state index >= 15 is 0 Å². The molecule has 1 fully saturated rings. The van der Waals surface area contributed by atoms with Crippen LogP contribution in [0.1, 0.15) is 23.2 Å². The summed E-state index contributed by atoms with van der Waals surface area (Å²) in [4.78, 5) is 18.7. The molecule has 1 amide bonds. The molecule has 0 saturated carbocycles. The van der Waals surface area contributed by atoms with E-state index in [0.29, 0.717) is 23.7 Å². The Labute approximate surface area is 154 Å². The summed E-state index contributed by atoms with van der Waals surface area (Å²) < 4.78 is 0. The number of carbonyl (C=O) groups excluding carboxylic acids is 1. The molecule has 1 aliphatic heterocycles. The number of nitrogen functional groups attached to an aromatic ring is 1. The molecule has 2 heterocycles. The van der Waals surface area contributed by atoms with Gasteiger partial charge in [-0.3, -0.25) is 9.78 Å². The quantitative estimate of drug-likeness (QED) is 0.735. The first-order chi connectivity index (χ1) is 12.7. The number of likely N-dealkylation sites (tertiary alicyclic amines) is 1. The summed E-state index contributed by atoms with van der Waals surface area (Å²) >= 11 is 0. The second-order valence-corrected chi connectivity index (χ2v) is 6.81. The van der Waals surface area contributed by atoms with Gasteiger partial charge in [0.1, 0.15) is 0 Å². The summed E-state index contributed by atoms with van der Waals surface area (Å²) in [7, 11) is 0. The normalized spacial score (nSPS) is 15.7. The smallest absolute Gasteiger partial charge is 0.251 e. The van der Waals surface area contributed by atoms with Gasteiger partial charge in [-0.15, -0.1) is 0 Å². The van der Waals surface area contributed by atoms with Crippen molar-refractivity contribution in [2.75, 3.05) is 38.5 Å². The van der Waals surface area contributed by atoms with Gasteiger partial charge in [0.15, 0.2) is 0 Å². The molecule has 26 heavy (non-hydrogen) atoms. The molecular weight excluding hydrogens is 328 g/mol. The minimum Gasteiger partial charge on any atom is -0.397 e. The zero-order valence-corrected chi connectivity index (χ0v) is 14.9. The van der Waals surface area contributed by atoms with Gasteiger partial charge in [0.25, 0.3) is 5.91 Å². The number of pyridine rings is 1. The van der Waals surface area contributed by atoms with Crippen molar-refractivity contribution in [2.24, 2.45) is 5.92 Å². The lowest BCUT2D eigenvalue weighted by atomic mass is 9.98. The molecule has 0 bridgehead atoms. The average Bonchev–Trinajstić information content (AvgIpc) is 2.68. The van der Waals surface area contributed by atoms with Gasteiger partial charge in [-0.1, -0.05) is 12.1 Å². The van der Waals surface area contributed by atoms with Crippen LogP contribution in [0.5, 0.6) is 0 Å². The van der Waals surface area contributed by atoms with Crippen LogP contribution in [0.2, 0.25) is 0 Å². The van der Waals surface area contributed by atoms with Gasteiger partial charge in [-0.2, -0.15) is 0 Å². The summed E-state index contributed by atoms with van der Waals surface area (Å²) in [6.07, 6.45) is 5.43. The number of amides is 1. The van der Waals surface area contributed by atoms with Crippen LogP contribution in [0.25, 0.3) is 11.1 Å². The maximum atomic E-state index is 12.3. The zero-order valence-electron chi connectivity index (χ0n) is 14.9. The van der Waals surface area contributed by atoms with Crippen LogP contribution in [0.15, 0.2) is 42.7 Å². The summed E-state index contributed by atoms with van der Waals surface area (Å²) in [6, 6.07) is 9.32. The number of hydrogen-bond donors (Lipinski definition) is 3. The molecule has 3 rings (SSSR count). The monoisotopic (exact) mass is 354 g/mol. The maximum Gasteiger partial charge on any atom is 0.251 e. The third kappa shape index (κ3) is 4.80. The van der Waals surface area contributed by atoms with Gasteiger partial charge in [0, 0.05) is 43.2 Å². The summed E-state index contributed by atoms with van der Waals surface area (Å²) in [5.41, 5.74) is 8.94. The van der Waals surface area contributed by atoms with Crippen LogP contribution in [0, 0.1) is 5.92 Å². The van der Waals surface area contributed by atoms with E-state index in [1.54, 1.807) is 12.4 Å². The molecule has 1 aliphatic rings. The first-order valence-electron chi connectivity index (χ1n) is 9.08. The van der Waals surface area contributed by atoms with Crippen molar-refractivity contribution >= 4 is 11.6 Å². The molecular formula is C20H26N4O2. The third-order valence-corrected chi connectivity index (χ3v) is 4.92. The molecule has 6 heteroatoms. The van der Waals surface area contributed by atoms with E-state index < -0.39 is 0 Å².